The van der Waals surface area contributed by atoms with Crippen molar-refractivity contribution in [1.82, 2.24) is 5.32 Å². The molecule has 0 aliphatic carbocycles. The van der Waals surface area contributed by atoms with Crippen molar-refractivity contribution in [2.75, 3.05) is 6.61 Å². The highest BCUT2D eigenvalue weighted by molar-refractivity contribution is 5.73. The number of nitrogens with one attached hydrogen (secondary N) is 1. The van der Waals surface area contributed by atoms with Gasteiger partial charge < -0.3 is 25.4 Å². The minimum Gasteiger partial charge on any atom is -0.394 e. The number of hydrogen-bond donors (Lipinski definition) is 4. The molecule has 6 heteroatoms. The molecule has 0 saturated carbocycles. The van der Waals surface area contributed by atoms with Crippen LogP contribution in [-0.4, -0.2) is 58.3 Å². The second kappa shape index (κ2) is 5.77. The van der Waals surface area contributed by atoms with Crippen LogP contribution in [0.25, 0.3) is 0 Å². The average Bonchev–Trinajstić information content (AvgIpc) is 2.24. The van der Waals surface area contributed by atoms with Gasteiger partial charge in [0.15, 0.2) is 0 Å². The van der Waals surface area contributed by atoms with Gasteiger partial charge in [0.2, 0.25) is 5.91 Å². The second-order valence-corrected chi connectivity index (χ2v) is 4.77. The number of rotatable bonds is 3. The summed E-state index contributed by atoms with van der Waals surface area (Å²) in [5.74, 6) is -0.249. The van der Waals surface area contributed by atoms with Crippen LogP contribution in [0.4, 0.5) is 0 Å². The maximum absolute atomic E-state index is 11.1. The third kappa shape index (κ3) is 3.16. The number of carbonyl (C=O) groups excluding carboxylic acids is 1. The van der Waals surface area contributed by atoms with Crippen LogP contribution in [0.2, 0.25) is 0 Å². The van der Waals surface area contributed by atoms with Gasteiger partial charge >= 0.3 is 0 Å². The molecular formula is C11H21NO5. The van der Waals surface area contributed by atoms with E-state index in [4.69, 9.17) is 9.84 Å². The zero-order chi connectivity index (χ0) is 13.2. The topological polar surface area (TPSA) is 99.0 Å². The SMILES string of the molecule is CC(=O)NC1C(O)[C@H](O)[C@@H](CO)O[C@H]1C(C)C. The van der Waals surface area contributed by atoms with Gasteiger partial charge in [0.25, 0.3) is 0 Å². The lowest BCUT2D eigenvalue weighted by atomic mass is 9.87. The first-order chi connectivity index (χ1) is 7.88. The Balaban J connectivity index is 2.86. The van der Waals surface area contributed by atoms with Crippen molar-refractivity contribution in [1.29, 1.82) is 0 Å². The Labute approximate surface area is 101 Å². The first-order valence-corrected chi connectivity index (χ1v) is 5.78. The van der Waals surface area contributed by atoms with Gasteiger partial charge in [-0.1, -0.05) is 13.8 Å². The van der Waals surface area contributed by atoms with Gasteiger partial charge in [-0.3, -0.25) is 4.79 Å². The van der Waals surface area contributed by atoms with Gasteiger partial charge in [-0.05, 0) is 5.92 Å². The summed E-state index contributed by atoms with van der Waals surface area (Å²) in [4.78, 5) is 11.1. The Morgan fingerprint density at radius 3 is 2.35 bits per heavy atom. The van der Waals surface area contributed by atoms with Gasteiger partial charge in [0, 0.05) is 6.92 Å². The molecule has 1 saturated heterocycles. The van der Waals surface area contributed by atoms with Crippen LogP contribution in [0, 0.1) is 5.92 Å². The molecule has 1 fully saturated rings. The first-order valence-electron chi connectivity index (χ1n) is 5.78. The molecule has 1 rings (SSSR count). The lowest BCUT2D eigenvalue weighted by molar-refractivity contribution is -0.204. The fourth-order valence-electron chi connectivity index (χ4n) is 2.12. The predicted molar refractivity (Wildman–Crippen MR) is 60.2 cm³/mol. The molecule has 0 bridgehead atoms. The number of hydrogen-bond acceptors (Lipinski definition) is 5. The molecule has 1 aliphatic rings. The lowest BCUT2D eigenvalue weighted by Crippen LogP contribution is -2.65. The van der Waals surface area contributed by atoms with E-state index < -0.39 is 30.5 Å². The summed E-state index contributed by atoms with van der Waals surface area (Å²) in [6.45, 7) is 4.75. The van der Waals surface area contributed by atoms with Crippen LogP contribution in [0.1, 0.15) is 20.8 Å². The Morgan fingerprint density at radius 2 is 1.94 bits per heavy atom. The molecule has 0 aromatic heterocycles. The van der Waals surface area contributed by atoms with Crippen LogP contribution >= 0.6 is 0 Å². The number of ether oxygens (including phenoxy) is 1. The highest BCUT2D eigenvalue weighted by Crippen LogP contribution is 2.25. The molecule has 0 aromatic carbocycles. The van der Waals surface area contributed by atoms with E-state index in [-0.39, 0.29) is 18.4 Å². The summed E-state index contributed by atoms with van der Waals surface area (Å²) in [6.07, 6.45) is -3.60. The van der Waals surface area contributed by atoms with Crippen molar-refractivity contribution in [3.8, 4) is 0 Å². The lowest BCUT2D eigenvalue weighted by Gasteiger charge is -2.44. The summed E-state index contributed by atoms with van der Waals surface area (Å²) in [7, 11) is 0. The summed E-state index contributed by atoms with van der Waals surface area (Å²) in [5, 5.41) is 31.3. The Bertz CT molecular complexity index is 271. The molecule has 5 atom stereocenters. The molecule has 1 heterocycles. The van der Waals surface area contributed by atoms with Crippen molar-refractivity contribution in [3.05, 3.63) is 0 Å². The first kappa shape index (κ1) is 14.4. The van der Waals surface area contributed by atoms with E-state index in [2.05, 4.69) is 5.32 Å². The van der Waals surface area contributed by atoms with Gasteiger partial charge in [-0.15, -0.1) is 0 Å². The molecule has 0 aromatic rings. The smallest absolute Gasteiger partial charge is 0.217 e. The zero-order valence-electron chi connectivity index (χ0n) is 10.3. The molecule has 1 amide bonds. The number of carbonyl (C=O) groups is 1. The monoisotopic (exact) mass is 247 g/mol. The van der Waals surface area contributed by atoms with Crippen LogP contribution < -0.4 is 5.32 Å². The van der Waals surface area contributed by atoms with E-state index in [1.54, 1.807) is 0 Å². The fourth-order valence-corrected chi connectivity index (χ4v) is 2.12. The van der Waals surface area contributed by atoms with E-state index in [1.807, 2.05) is 13.8 Å². The Hall–Kier alpha value is -0.690. The third-order valence-electron chi connectivity index (χ3n) is 2.99. The molecule has 1 aliphatic heterocycles. The highest BCUT2D eigenvalue weighted by atomic mass is 16.5. The quantitative estimate of drug-likeness (QED) is 0.493. The molecule has 17 heavy (non-hydrogen) atoms. The van der Waals surface area contributed by atoms with Crippen LogP contribution in [0.15, 0.2) is 0 Å². The summed E-state index contributed by atoms with van der Waals surface area (Å²) in [6, 6.07) is -0.662. The molecule has 0 spiro atoms. The number of aliphatic hydroxyl groups excluding tert-OH is 3. The van der Waals surface area contributed by atoms with Crippen molar-refractivity contribution in [2.45, 2.75) is 51.2 Å². The standard InChI is InChI=1S/C11H21NO5/c1-5(2)11-8(12-6(3)14)10(16)9(15)7(4-13)17-11/h5,7-11,13,15-16H,4H2,1-3H3,(H,12,14)/t7-,8?,9-,10?,11+/m1/s1. The molecule has 4 N–H and O–H groups in total. The van der Waals surface area contributed by atoms with Gasteiger partial charge in [0.1, 0.15) is 18.3 Å². The minimum atomic E-state index is -1.20. The molecular weight excluding hydrogens is 226 g/mol. The average molecular weight is 247 g/mol. The molecule has 6 nitrogen and oxygen atoms in total. The van der Waals surface area contributed by atoms with Gasteiger partial charge in [-0.25, -0.2) is 0 Å². The Kier molecular flexibility index (Phi) is 4.88. The summed E-state index contributed by atoms with van der Waals surface area (Å²) in [5.41, 5.74) is 0. The minimum absolute atomic E-state index is 0.0445. The van der Waals surface area contributed by atoms with Gasteiger partial charge in [-0.2, -0.15) is 0 Å². The van der Waals surface area contributed by atoms with E-state index in [9.17, 15) is 15.0 Å². The Morgan fingerprint density at radius 1 is 1.35 bits per heavy atom. The molecule has 0 radical (unpaired) electrons. The summed E-state index contributed by atoms with van der Waals surface area (Å²) >= 11 is 0. The van der Waals surface area contributed by atoms with Crippen LogP contribution in [0.3, 0.4) is 0 Å². The zero-order valence-corrected chi connectivity index (χ0v) is 10.3. The maximum Gasteiger partial charge on any atom is 0.217 e. The third-order valence-corrected chi connectivity index (χ3v) is 2.99. The maximum atomic E-state index is 11.1. The normalized spacial score (nSPS) is 38.2. The van der Waals surface area contributed by atoms with Crippen LogP contribution in [-0.2, 0) is 9.53 Å². The van der Waals surface area contributed by atoms with E-state index in [0.717, 1.165) is 0 Å². The number of aliphatic hydroxyl groups is 3. The highest BCUT2D eigenvalue weighted by Gasteiger charge is 2.45. The van der Waals surface area contributed by atoms with E-state index in [0.29, 0.717) is 0 Å². The fraction of sp³-hybridized carbons (Fsp3) is 0.909. The summed E-state index contributed by atoms with van der Waals surface area (Å²) < 4.78 is 5.52. The predicted octanol–water partition coefficient (Wildman–Crippen LogP) is -1.37. The van der Waals surface area contributed by atoms with Gasteiger partial charge in [0.05, 0.1) is 18.8 Å². The van der Waals surface area contributed by atoms with E-state index in [1.165, 1.54) is 6.92 Å². The van der Waals surface area contributed by atoms with Crippen molar-refractivity contribution in [3.63, 3.8) is 0 Å². The number of amides is 1. The van der Waals surface area contributed by atoms with Crippen molar-refractivity contribution < 1.29 is 24.9 Å². The van der Waals surface area contributed by atoms with Crippen LogP contribution in [0.5, 0.6) is 0 Å². The second-order valence-electron chi connectivity index (χ2n) is 4.77. The molecule has 2 unspecified atom stereocenters. The molecule has 100 valence electrons. The van der Waals surface area contributed by atoms with E-state index >= 15 is 0 Å². The van der Waals surface area contributed by atoms with Crippen molar-refractivity contribution >= 4 is 5.91 Å². The largest absolute Gasteiger partial charge is 0.394 e. The van der Waals surface area contributed by atoms with Crippen molar-refractivity contribution in [2.24, 2.45) is 5.92 Å².